The molecule has 0 amide bonds. The van der Waals surface area contributed by atoms with Crippen LogP contribution in [0.5, 0.6) is 0 Å². The van der Waals surface area contributed by atoms with Gasteiger partial charge in [0.25, 0.3) is 0 Å². The highest BCUT2D eigenvalue weighted by Gasteiger charge is 2.52. The van der Waals surface area contributed by atoms with Crippen molar-refractivity contribution < 1.29 is 17.7 Å². The van der Waals surface area contributed by atoms with Gasteiger partial charge in [-0.2, -0.15) is 0 Å². The van der Waals surface area contributed by atoms with Crippen molar-refractivity contribution in [2.45, 2.75) is 56.6 Å². The Balaban J connectivity index is 2.04. The lowest BCUT2D eigenvalue weighted by Gasteiger charge is -2.32. The van der Waals surface area contributed by atoms with Gasteiger partial charge in [0, 0.05) is 18.8 Å². The van der Waals surface area contributed by atoms with E-state index in [1.54, 1.807) is 12.1 Å². The fourth-order valence-electron chi connectivity index (χ4n) is 3.15. The van der Waals surface area contributed by atoms with E-state index < -0.39 is 28.3 Å². The van der Waals surface area contributed by atoms with Gasteiger partial charge in [-0.3, -0.25) is 0 Å². The average molecular weight is 366 g/mol. The van der Waals surface area contributed by atoms with E-state index in [0.717, 1.165) is 37.1 Å². The van der Waals surface area contributed by atoms with Crippen molar-refractivity contribution in [1.29, 1.82) is 0 Å². The first-order chi connectivity index (χ1) is 11.6. The van der Waals surface area contributed by atoms with E-state index in [1.807, 2.05) is 33.8 Å². The van der Waals surface area contributed by atoms with E-state index in [0.29, 0.717) is 0 Å². The third-order valence-corrected chi connectivity index (χ3v) is 6.88. The fraction of sp³-hybridized carbons (Fsp3) is 0.647. The van der Waals surface area contributed by atoms with Gasteiger partial charge in [-0.15, -0.1) is 0 Å². The number of benzene rings is 1. The number of hydrogen-bond donors (Lipinski definition) is 1. The van der Waals surface area contributed by atoms with Gasteiger partial charge in [0.2, 0.25) is 10.0 Å². The third-order valence-electron chi connectivity index (χ3n) is 5.49. The molecule has 2 heterocycles. The predicted octanol–water partition coefficient (Wildman–Crippen LogP) is 1.49. The van der Waals surface area contributed by atoms with Crippen molar-refractivity contribution in [3.8, 4) is 0 Å². The Bertz CT molecular complexity index is 742. The molecule has 6 nitrogen and oxygen atoms in total. The second-order valence-electron chi connectivity index (χ2n) is 7.75. The Kier molecular flexibility index (Phi) is 4.69. The molecular formula is C17H27BN2O4S. The van der Waals surface area contributed by atoms with Crippen LogP contribution in [0, 0.1) is 0 Å². The first-order valence-electron chi connectivity index (χ1n) is 8.75. The molecule has 0 radical (unpaired) electrons. The molecule has 8 heteroatoms. The maximum absolute atomic E-state index is 12.4. The number of rotatable bonds is 4. The van der Waals surface area contributed by atoms with Gasteiger partial charge < -0.3 is 14.2 Å². The van der Waals surface area contributed by atoms with Gasteiger partial charge in [-0.1, -0.05) is 0 Å². The van der Waals surface area contributed by atoms with E-state index in [9.17, 15) is 8.42 Å². The maximum Gasteiger partial charge on any atom is 0.494 e. The van der Waals surface area contributed by atoms with Gasteiger partial charge in [-0.25, -0.2) is 13.1 Å². The summed E-state index contributed by atoms with van der Waals surface area (Å²) in [7, 11) is -2.71. The quantitative estimate of drug-likeness (QED) is 0.818. The minimum Gasteiger partial charge on any atom is -0.399 e. The molecule has 1 aromatic carbocycles. The summed E-state index contributed by atoms with van der Waals surface area (Å²) in [6.07, 6.45) is 2.24. The van der Waals surface area contributed by atoms with Crippen molar-refractivity contribution in [1.82, 2.24) is 4.72 Å². The van der Waals surface area contributed by atoms with Crippen LogP contribution in [-0.2, 0) is 19.3 Å². The zero-order chi connectivity index (χ0) is 18.5. The number of anilines is 1. The first-order valence-corrected chi connectivity index (χ1v) is 10.2. The molecule has 1 aromatic rings. The molecule has 0 saturated carbocycles. The van der Waals surface area contributed by atoms with E-state index >= 15 is 0 Å². The number of hydrogen-bond acceptors (Lipinski definition) is 5. The minimum atomic E-state index is -3.55. The highest BCUT2D eigenvalue weighted by molar-refractivity contribution is 7.89. The molecule has 2 saturated heterocycles. The van der Waals surface area contributed by atoms with Gasteiger partial charge in [0.05, 0.1) is 16.1 Å². The molecule has 0 aromatic heterocycles. The molecular weight excluding hydrogens is 339 g/mol. The lowest BCUT2D eigenvalue weighted by atomic mass is 9.79. The molecule has 0 bridgehead atoms. The summed E-state index contributed by atoms with van der Waals surface area (Å²) in [5.41, 5.74) is 0.697. The molecule has 0 atom stereocenters. The largest absolute Gasteiger partial charge is 0.494 e. The Hall–Kier alpha value is -1.09. The van der Waals surface area contributed by atoms with Crippen molar-refractivity contribution in [2.75, 3.05) is 25.0 Å². The number of nitrogens with one attached hydrogen (secondary N) is 1. The van der Waals surface area contributed by atoms with Crippen LogP contribution in [0.1, 0.15) is 40.5 Å². The standard InChI is InChI=1S/C17H27BN2O4S/c1-16(2)17(3,4)24-18(23-16)13-10-14(20-8-6-7-9-20)12-15(11-13)25(21,22)19-5/h10-12,19H,6-9H2,1-5H3. The van der Waals surface area contributed by atoms with E-state index in [2.05, 4.69) is 9.62 Å². The Labute approximate surface area is 151 Å². The second-order valence-corrected chi connectivity index (χ2v) is 9.64. The zero-order valence-corrected chi connectivity index (χ0v) is 16.4. The van der Waals surface area contributed by atoms with Crippen LogP contribution in [-0.4, -0.2) is 46.9 Å². The minimum absolute atomic E-state index is 0.240. The molecule has 138 valence electrons. The third kappa shape index (κ3) is 3.45. The van der Waals surface area contributed by atoms with Crippen LogP contribution in [0.3, 0.4) is 0 Å². The van der Waals surface area contributed by atoms with E-state index in [-0.39, 0.29) is 4.90 Å². The lowest BCUT2D eigenvalue weighted by molar-refractivity contribution is 0.00578. The fourth-order valence-corrected chi connectivity index (χ4v) is 3.95. The molecule has 2 aliphatic heterocycles. The van der Waals surface area contributed by atoms with Crippen molar-refractivity contribution in [3.63, 3.8) is 0 Å². The van der Waals surface area contributed by atoms with Crippen LogP contribution < -0.4 is 15.1 Å². The summed E-state index contributed by atoms with van der Waals surface area (Å²) in [6.45, 7) is 9.83. The summed E-state index contributed by atoms with van der Waals surface area (Å²) in [6, 6.07) is 5.36. The van der Waals surface area contributed by atoms with E-state index in [1.165, 1.54) is 7.05 Å². The Morgan fingerprint density at radius 1 is 1.04 bits per heavy atom. The molecule has 2 fully saturated rings. The maximum atomic E-state index is 12.4. The topological polar surface area (TPSA) is 67.9 Å². The summed E-state index contributed by atoms with van der Waals surface area (Å²) in [5, 5.41) is 0. The first kappa shape index (κ1) is 18.7. The van der Waals surface area contributed by atoms with E-state index in [4.69, 9.17) is 9.31 Å². The smallest absolute Gasteiger partial charge is 0.399 e. The molecule has 0 spiro atoms. The van der Waals surface area contributed by atoms with Gasteiger partial charge >= 0.3 is 7.12 Å². The lowest BCUT2D eigenvalue weighted by Crippen LogP contribution is -2.41. The van der Waals surface area contributed by atoms with Gasteiger partial charge in [-0.05, 0) is 71.2 Å². The molecule has 0 unspecified atom stereocenters. The zero-order valence-electron chi connectivity index (χ0n) is 15.6. The van der Waals surface area contributed by atoms with Crippen molar-refractivity contribution >= 4 is 28.3 Å². The molecule has 0 aliphatic carbocycles. The Morgan fingerprint density at radius 2 is 1.60 bits per heavy atom. The van der Waals surface area contributed by atoms with Crippen molar-refractivity contribution in [2.24, 2.45) is 0 Å². The summed E-state index contributed by atoms with van der Waals surface area (Å²) in [4.78, 5) is 2.45. The summed E-state index contributed by atoms with van der Waals surface area (Å²) in [5.74, 6) is 0. The highest BCUT2D eigenvalue weighted by Crippen LogP contribution is 2.37. The second kappa shape index (κ2) is 6.26. The van der Waals surface area contributed by atoms with Crippen LogP contribution in [0.25, 0.3) is 0 Å². The van der Waals surface area contributed by atoms with Crippen LogP contribution in [0.4, 0.5) is 5.69 Å². The van der Waals surface area contributed by atoms with Crippen LogP contribution in [0.15, 0.2) is 23.1 Å². The normalized spacial score (nSPS) is 22.6. The highest BCUT2D eigenvalue weighted by atomic mass is 32.2. The summed E-state index contributed by atoms with van der Waals surface area (Å²) < 4.78 is 39.4. The van der Waals surface area contributed by atoms with Crippen molar-refractivity contribution in [3.05, 3.63) is 18.2 Å². The predicted molar refractivity (Wildman–Crippen MR) is 99.9 cm³/mol. The van der Waals surface area contributed by atoms with Gasteiger partial charge in [0.1, 0.15) is 0 Å². The van der Waals surface area contributed by atoms with Crippen LogP contribution in [0.2, 0.25) is 0 Å². The average Bonchev–Trinajstić information content (AvgIpc) is 3.14. The molecule has 25 heavy (non-hydrogen) atoms. The number of nitrogens with zero attached hydrogens (tertiary/aromatic N) is 1. The Morgan fingerprint density at radius 3 is 2.12 bits per heavy atom. The van der Waals surface area contributed by atoms with Gasteiger partial charge in [0.15, 0.2) is 0 Å². The monoisotopic (exact) mass is 366 g/mol. The van der Waals surface area contributed by atoms with Crippen LogP contribution >= 0.6 is 0 Å². The molecule has 2 aliphatic rings. The molecule has 3 rings (SSSR count). The molecule has 1 N–H and O–H groups in total. The number of sulfonamides is 1. The summed E-state index contributed by atoms with van der Waals surface area (Å²) >= 11 is 0. The SMILES string of the molecule is CNS(=O)(=O)c1cc(B2OC(C)(C)C(C)(C)O2)cc(N2CCCC2)c1.